The van der Waals surface area contributed by atoms with E-state index in [-0.39, 0.29) is 5.41 Å². The molecule has 0 atom stereocenters. The average molecular weight is 189 g/mol. The van der Waals surface area contributed by atoms with Gasteiger partial charge in [-0.3, -0.25) is 0 Å². The highest BCUT2D eigenvalue weighted by molar-refractivity contribution is 5.73. The standard InChI is InChI=1S/C11H11NO2/c1-11(5-13-6-11)8-2-3-9-10(4-8)14-7-12-9/h2-4,7H,5-6H2,1H3. The number of rotatable bonds is 1. The fraction of sp³-hybridized carbons (Fsp3) is 0.364. The molecular weight excluding hydrogens is 178 g/mol. The molecule has 1 aliphatic heterocycles. The number of oxazole rings is 1. The highest BCUT2D eigenvalue weighted by atomic mass is 16.5. The van der Waals surface area contributed by atoms with Crippen molar-refractivity contribution >= 4 is 11.1 Å². The third-order valence-electron chi connectivity index (χ3n) is 2.87. The molecule has 0 saturated carbocycles. The molecule has 72 valence electrons. The van der Waals surface area contributed by atoms with Crippen molar-refractivity contribution in [3.63, 3.8) is 0 Å². The van der Waals surface area contributed by atoms with Crippen LogP contribution in [0, 0.1) is 0 Å². The van der Waals surface area contributed by atoms with Crippen LogP contribution < -0.4 is 0 Å². The molecule has 0 unspecified atom stereocenters. The zero-order valence-corrected chi connectivity index (χ0v) is 7.99. The number of fused-ring (bicyclic) bond motifs is 1. The Morgan fingerprint density at radius 1 is 1.36 bits per heavy atom. The lowest BCUT2D eigenvalue weighted by Gasteiger charge is -2.38. The number of aromatic nitrogens is 1. The monoisotopic (exact) mass is 189 g/mol. The van der Waals surface area contributed by atoms with E-state index < -0.39 is 0 Å². The zero-order chi connectivity index (χ0) is 9.60. The number of benzene rings is 1. The summed E-state index contributed by atoms with van der Waals surface area (Å²) in [5.74, 6) is 0. The van der Waals surface area contributed by atoms with Crippen LogP contribution in [-0.4, -0.2) is 18.2 Å². The normalized spacial score (nSPS) is 19.5. The maximum Gasteiger partial charge on any atom is 0.181 e. The molecule has 1 aromatic carbocycles. The molecule has 0 bridgehead atoms. The number of ether oxygens (including phenoxy) is 1. The minimum absolute atomic E-state index is 0.168. The van der Waals surface area contributed by atoms with Gasteiger partial charge in [0.05, 0.1) is 13.2 Å². The van der Waals surface area contributed by atoms with Gasteiger partial charge in [0, 0.05) is 5.41 Å². The molecule has 2 aromatic rings. The van der Waals surface area contributed by atoms with Crippen LogP contribution in [0.25, 0.3) is 11.1 Å². The van der Waals surface area contributed by atoms with Gasteiger partial charge in [-0.05, 0) is 17.7 Å². The summed E-state index contributed by atoms with van der Waals surface area (Å²) in [6, 6.07) is 6.16. The molecule has 1 aromatic heterocycles. The van der Waals surface area contributed by atoms with Crippen LogP contribution in [-0.2, 0) is 10.2 Å². The lowest BCUT2D eigenvalue weighted by atomic mass is 9.81. The molecule has 1 fully saturated rings. The van der Waals surface area contributed by atoms with Gasteiger partial charge in [0.15, 0.2) is 12.0 Å². The summed E-state index contributed by atoms with van der Waals surface area (Å²) < 4.78 is 10.5. The van der Waals surface area contributed by atoms with Gasteiger partial charge < -0.3 is 9.15 Å². The Labute approximate surface area is 81.7 Å². The van der Waals surface area contributed by atoms with Gasteiger partial charge in [-0.25, -0.2) is 4.98 Å². The Balaban J connectivity index is 2.13. The summed E-state index contributed by atoms with van der Waals surface area (Å²) >= 11 is 0. The van der Waals surface area contributed by atoms with Crippen LogP contribution in [0.3, 0.4) is 0 Å². The summed E-state index contributed by atoms with van der Waals surface area (Å²) in [5.41, 5.74) is 3.21. The van der Waals surface area contributed by atoms with E-state index in [2.05, 4.69) is 24.0 Å². The molecule has 0 spiro atoms. The summed E-state index contributed by atoms with van der Waals surface area (Å²) in [6.45, 7) is 3.80. The molecule has 3 heteroatoms. The Bertz CT molecular complexity index is 471. The van der Waals surface area contributed by atoms with Gasteiger partial charge in [-0.15, -0.1) is 0 Å². The van der Waals surface area contributed by atoms with Crippen molar-refractivity contribution in [3.05, 3.63) is 30.2 Å². The van der Waals surface area contributed by atoms with E-state index in [1.807, 2.05) is 6.07 Å². The Hall–Kier alpha value is -1.35. The predicted octanol–water partition coefficient (Wildman–Crippen LogP) is 2.12. The van der Waals surface area contributed by atoms with E-state index in [0.29, 0.717) is 0 Å². The van der Waals surface area contributed by atoms with Crippen molar-refractivity contribution in [2.24, 2.45) is 0 Å². The van der Waals surface area contributed by atoms with Crippen LogP contribution in [0.1, 0.15) is 12.5 Å². The van der Waals surface area contributed by atoms with Gasteiger partial charge in [-0.1, -0.05) is 13.0 Å². The minimum Gasteiger partial charge on any atom is -0.443 e. The van der Waals surface area contributed by atoms with Crippen molar-refractivity contribution in [1.29, 1.82) is 0 Å². The van der Waals surface area contributed by atoms with Crippen LogP contribution in [0.4, 0.5) is 0 Å². The first kappa shape index (κ1) is 8.00. The highest BCUT2D eigenvalue weighted by Crippen LogP contribution is 2.33. The first-order valence-corrected chi connectivity index (χ1v) is 4.69. The fourth-order valence-electron chi connectivity index (χ4n) is 1.81. The van der Waals surface area contributed by atoms with E-state index in [9.17, 15) is 0 Å². The SMILES string of the molecule is CC1(c2ccc3ncoc3c2)COC1. The minimum atomic E-state index is 0.168. The molecule has 0 radical (unpaired) electrons. The topological polar surface area (TPSA) is 35.3 Å². The lowest BCUT2D eigenvalue weighted by molar-refractivity contribution is -0.0499. The molecule has 0 amide bonds. The second-order valence-electron chi connectivity index (χ2n) is 4.09. The zero-order valence-electron chi connectivity index (χ0n) is 7.99. The van der Waals surface area contributed by atoms with Crippen LogP contribution in [0.5, 0.6) is 0 Å². The Morgan fingerprint density at radius 2 is 2.21 bits per heavy atom. The van der Waals surface area contributed by atoms with Gasteiger partial charge in [0.25, 0.3) is 0 Å². The number of hydrogen-bond donors (Lipinski definition) is 0. The third-order valence-corrected chi connectivity index (χ3v) is 2.87. The first-order chi connectivity index (χ1) is 6.78. The van der Waals surface area contributed by atoms with Gasteiger partial charge >= 0.3 is 0 Å². The highest BCUT2D eigenvalue weighted by Gasteiger charge is 2.35. The summed E-state index contributed by atoms with van der Waals surface area (Å²) in [6.07, 6.45) is 1.48. The maximum absolute atomic E-state index is 5.27. The van der Waals surface area contributed by atoms with E-state index in [1.165, 1.54) is 12.0 Å². The molecule has 1 aliphatic rings. The van der Waals surface area contributed by atoms with E-state index >= 15 is 0 Å². The lowest BCUT2D eigenvalue weighted by Crippen LogP contribution is -2.43. The van der Waals surface area contributed by atoms with Crippen LogP contribution in [0.15, 0.2) is 29.0 Å². The second-order valence-corrected chi connectivity index (χ2v) is 4.09. The summed E-state index contributed by atoms with van der Waals surface area (Å²) in [5, 5.41) is 0. The van der Waals surface area contributed by atoms with Crippen molar-refractivity contribution in [2.45, 2.75) is 12.3 Å². The van der Waals surface area contributed by atoms with Crippen molar-refractivity contribution < 1.29 is 9.15 Å². The van der Waals surface area contributed by atoms with E-state index in [0.717, 1.165) is 24.3 Å². The second kappa shape index (κ2) is 2.58. The molecule has 0 aliphatic carbocycles. The van der Waals surface area contributed by atoms with Crippen molar-refractivity contribution in [3.8, 4) is 0 Å². The molecule has 3 nitrogen and oxygen atoms in total. The predicted molar refractivity (Wildman–Crippen MR) is 52.2 cm³/mol. The Kier molecular flexibility index (Phi) is 1.47. The molecule has 2 heterocycles. The molecule has 3 rings (SSSR count). The summed E-state index contributed by atoms with van der Waals surface area (Å²) in [7, 11) is 0. The van der Waals surface area contributed by atoms with E-state index in [4.69, 9.17) is 9.15 Å². The quantitative estimate of drug-likeness (QED) is 0.689. The van der Waals surface area contributed by atoms with Gasteiger partial charge in [0.1, 0.15) is 5.52 Å². The molecular formula is C11H11NO2. The molecule has 1 saturated heterocycles. The molecule has 14 heavy (non-hydrogen) atoms. The average Bonchev–Trinajstić information content (AvgIpc) is 2.60. The van der Waals surface area contributed by atoms with Crippen LogP contribution in [0.2, 0.25) is 0 Å². The summed E-state index contributed by atoms with van der Waals surface area (Å²) in [4.78, 5) is 4.09. The van der Waals surface area contributed by atoms with Gasteiger partial charge in [0.2, 0.25) is 0 Å². The fourth-order valence-corrected chi connectivity index (χ4v) is 1.81. The van der Waals surface area contributed by atoms with Crippen molar-refractivity contribution in [1.82, 2.24) is 4.98 Å². The largest absolute Gasteiger partial charge is 0.443 e. The molecule has 0 N–H and O–H groups in total. The van der Waals surface area contributed by atoms with Crippen molar-refractivity contribution in [2.75, 3.05) is 13.2 Å². The van der Waals surface area contributed by atoms with E-state index in [1.54, 1.807) is 0 Å². The Morgan fingerprint density at radius 3 is 2.93 bits per heavy atom. The van der Waals surface area contributed by atoms with Gasteiger partial charge in [-0.2, -0.15) is 0 Å². The smallest absolute Gasteiger partial charge is 0.181 e. The first-order valence-electron chi connectivity index (χ1n) is 4.69. The van der Waals surface area contributed by atoms with Crippen LogP contribution >= 0.6 is 0 Å². The number of nitrogens with zero attached hydrogens (tertiary/aromatic N) is 1. The maximum atomic E-state index is 5.27. The number of hydrogen-bond acceptors (Lipinski definition) is 3. The third kappa shape index (κ3) is 0.990.